The predicted molar refractivity (Wildman–Crippen MR) is 59.6 cm³/mol. The lowest BCUT2D eigenvalue weighted by atomic mass is 10.0. The number of piperidine rings is 1. The van der Waals surface area contributed by atoms with Gasteiger partial charge in [-0.3, -0.25) is 0 Å². The van der Waals surface area contributed by atoms with Crippen LogP contribution < -0.4 is 10.6 Å². The van der Waals surface area contributed by atoms with E-state index < -0.39 is 0 Å². The third-order valence-electron chi connectivity index (χ3n) is 2.77. The molecule has 0 spiro atoms. The maximum absolute atomic E-state index is 5.59. The van der Waals surface area contributed by atoms with Crippen LogP contribution in [0.3, 0.4) is 0 Å². The van der Waals surface area contributed by atoms with E-state index in [1.165, 1.54) is 37.0 Å². The molecule has 2 N–H and O–H groups in total. The first-order chi connectivity index (χ1) is 6.81. The molecule has 0 amide bonds. The molecule has 1 aromatic heterocycles. The van der Waals surface area contributed by atoms with Gasteiger partial charge in [-0.15, -0.1) is 10.2 Å². The lowest BCUT2D eigenvalue weighted by Gasteiger charge is -2.34. The van der Waals surface area contributed by atoms with Crippen LogP contribution in [0.1, 0.15) is 32.6 Å². The minimum absolute atomic E-state index is 0.570. The maximum Gasteiger partial charge on any atom is 0.210 e. The van der Waals surface area contributed by atoms with Crippen molar-refractivity contribution in [2.24, 2.45) is 0 Å². The van der Waals surface area contributed by atoms with Crippen LogP contribution in [-0.2, 0) is 0 Å². The average Bonchev–Trinajstić information content (AvgIpc) is 2.65. The van der Waals surface area contributed by atoms with Crippen LogP contribution in [0.2, 0.25) is 0 Å². The lowest BCUT2D eigenvalue weighted by molar-refractivity contribution is 0.448. The van der Waals surface area contributed by atoms with E-state index in [1.807, 2.05) is 0 Å². The smallest absolute Gasteiger partial charge is 0.210 e. The summed E-state index contributed by atoms with van der Waals surface area (Å²) in [6.45, 7) is 3.33. The summed E-state index contributed by atoms with van der Waals surface area (Å²) in [6.07, 6.45) is 5.05. The number of nitrogens with zero attached hydrogens (tertiary/aromatic N) is 3. The third-order valence-corrected chi connectivity index (χ3v) is 3.56. The fraction of sp³-hybridized carbons (Fsp3) is 0.778. The molecule has 78 valence electrons. The van der Waals surface area contributed by atoms with E-state index in [9.17, 15) is 0 Å². The Balaban J connectivity index is 2.14. The Morgan fingerprint density at radius 1 is 1.50 bits per heavy atom. The van der Waals surface area contributed by atoms with E-state index in [1.54, 1.807) is 0 Å². The van der Waals surface area contributed by atoms with Crippen LogP contribution in [0.25, 0.3) is 0 Å². The number of anilines is 2. The van der Waals surface area contributed by atoms with Crippen LogP contribution in [0.4, 0.5) is 10.3 Å². The summed E-state index contributed by atoms with van der Waals surface area (Å²) in [5.74, 6) is 0. The van der Waals surface area contributed by atoms with Gasteiger partial charge in [-0.05, 0) is 25.7 Å². The number of rotatable bonds is 2. The van der Waals surface area contributed by atoms with Crippen LogP contribution in [-0.4, -0.2) is 22.8 Å². The zero-order valence-electron chi connectivity index (χ0n) is 8.44. The van der Waals surface area contributed by atoms with Gasteiger partial charge in [0.1, 0.15) is 0 Å². The minimum Gasteiger partial charge on any atom is -0.374 e. The second-order valence-corrected chi connectivity index (χ2v) is 4.66. The third kappa shape index (κ3) is 1.82. The molecule has 0 saturated carbocycles. The number of nitrogen functional groups attached to an aromatic ring is 1. The van der Waals surface area contributed by atoms with Crippen molar-refractivity contribution in [3.8, 4) is 0 Å². The molecule has 0 bridgehead atoms. The van der Waals surface area contributed by atoms with Crippen molar-refractivity contribution in [1.29, 1.82) is 0 Å². The monoisotopic (exact) mass is 212 g/mol. The number of hydrogen-bond acceptors (Lipinski definition) is 5. The van der Waals surface area contributed by atoms with Gasteiger partial charge in [-0.2, -0.15) is 0 Å². The van der Waals surface area contributed by atoms with Gasteiger partial charge in [-0.25, -0.2) is 0 Å². The van der Waals surface area contributed by atoms with Gasteiger partial charge < -0.3 is 10.6 Å². The number of hydrogen-bond donors (Lipinski definition) is 1. The molecule has 5 heteroatoms. The fourth-order valence-corrected chi connectivity index (χ4v) is 2.73. The SMILES string of the molecule is CC[C@@H]1CCCCN1c1nnc(N)s1. The molecule has 1 aliphatic rings. The largest absolute Gasteiger partial charge is 0.374 e. The molecule has 2 heterocycles. The quantitative estimate of drug-likeness (QED) is 0.813. The molecule has 4 nitrogen and oxygen atoms in total. The highest BCUT2D eigenvalue weighted by Crippen LogP contribution is 2.29. The first kappa shape index (κ1) is 9.71. The zero-order chi connectivity index (χ0) is 9.97. The molecule has 2 rings (SSSR count). The first-order valence-electron chi connectivity index (χ1n) is 5.17. The molecule has 0 aromatic carbocycles. The van der Waals surface area contributed by atoms with Gasteiger partial charge in [0.25, 0.3) is 0 Å². The number of aromatic nitrogens is 2. The van der Waals surface area contributed by atoms with Gasteiger partial charge in [0.05, 0.1) is 0 Å². The Morgan fingerprint density at radius 3 is 3.00 bits per heavy atom. The Kier molecular flexibility index (Phi) is 2.86. The van der Waals surface area contributed by atoms with Gasteiger partial charge in [0.2, 0.25) is 10.3 Å². The van der Waals surface area contributed by atoms with Crippen LogP contribution in [0.5, 0.6) is 0 Å². The summed E-state index contributed by atoms with van der Waals surface area (Å²) in [6, 6.07) is 0.635. The minimum atomic E-state index is 0.570. The van der Waals surface area contributed by atoms with Gasteiger partial charge in [-0.1, -0.05) is 18.3 Å². The summed E-state index contributed by atoms with van der Waals surface area (Å²) in [5.41, 5.74) is 5.59. The summed E-state index contributed by atoms with van der Waals surface area (Å²) in [5, 5.41) is 9.54. The predicted octanol–water partition coefficient (Wildman–Crippen LogP) is 1.89. The maximum atomic E-state index is 5.59. The van der Waals surface area contributed by atoms with E-state index in [4.69, 9.17) is 5.73 Å². The van der Waals surface area contributed by atoms with Crippen molar-refractivity contribution in [3.05, 3.63) is 0 Å². The molecule has 14 heavy (non-hydrogen) atoms. The highest BCUT2D eigenvalue weighted by molar-refractivity contribution is 7.18. The zero-order valence-corrected chi connectivity index (χ0v) is 9.26. The van der Waals surface area contributed by atoms with Crippen molar-refractivity contribution in [2.45, 2.75) is 38.6 Å². The highest BCUT2D eigenvalue weighted by atomic mass is 32.1. The standard InChI is InChI=1S/C9H16N4S/c1-2-7-5-3-4-6-13(7)9-12-11-8(10)14-9/h7H,2-6H2,1H3,(H2,10,11)/t7-/m1/s1. The Morgan fingerprint density at radius 2 is 2.36 bits per heavy atom. The van der Waals surface area contributed by atoms with Crippen molar-refractivity contribution in [3.63, 3.8) is 0 Å². The van der Waals surface area contributed by atoms with Crippen molar-refractivity contribution < 1.29 is 0 Å². The van der Waals surface area contributed by atoms with Crippen molar-refractivity contribution in [2.75, 3.05) is 17.2 Å². The Labute approximate surface area is 88.1 Å². The van der Waals surface area contributed by atoms with Gasteiger partial charge >= 0.3 is 0 Å². The summed E-state index contributed by atoms with van der Waals surface area (Å²) >= 11 is 1.49. The number of nitrogens with two attached hydrogens (primary N) is 1. The van der Waals surface area contributed by atoms with Crippen molar-refractivity contribution >= 4 is 21.6 Å². The molecule has 0 radical (unpaired) electrons. The van der Waals surface area contributed by atoms with Crippen LogP contribution >= 0.6 is 11.3 Å². The summed E-state index contributed by atoms with van der Waals surface area (Å²) in [4.78, 5) is 2.36. The summed E-state index contributed by atoms with van der Waals surface area (Å²) < 4.78 is 0. The summed E-state index contributed by atoms with van der Waals surface area (Å²) in [7, 11) is 0. The molecule has 1 atom stereocenters. The Bertz CT molecular complexity index is 299. The van der Waals surface area contributed by atoms with E-state index in [2.05, 4.69) is 22.0 Å². The molecule has 1 aliphatic heterocycles. The normalized spacial score (nSPS) is 22.6. The molecule has 0 aliphatic carbocycles. The highest BCUT2D eigenvalue weighted by Gasteiger charge is 2.23. The van der Waals surface area contributed by atoms with E-state index in [0.717, 1.165) is 11.7 Å². The molecule has 1 saturated heterocycles. The molecular weight excluding hydrogens is 196 g/mol. The topological polar surface area (TPSA) is 55.0 Å². The second-order valence-electron chi connectivity index (χ2n) is 3.67. The fourth-order valence-electron chi connectivity index (χ4n) is 2.02. The van der Waals surface area contributed by atoms with Gasteiger partial charge in [0, 0.05) is 12.6 Å². The molecule has 1 fully saturated rings. The molecular formula is C9H16N4S. The van der Waals surface area contributed by atoms with E-state index in [-0.39, 0.29) is 0 Å². The first-order valence-corrected chi connectivity index (χ1v) is 5.98. The van der Waals surface area contributed by atoms with Gasteiger partial charge in [0.15, 0.2) is 0 Å². The second kappa shape index (κ2) is 4.13. The van der Waals surface area contributed by atoms with Crippen LogP contribution in [0.15, 0.2) is 0 Å². The van der Waals surface area contributed by atoms with Crippen LogP contribution in [0, 0.1) is 0 Å². The van der Waals surface area contributed by atoms with E-state index in [0.29, 0.717) is 11.2 Å². The molecule has 1 aromatic rings. The Hall–Kier alpha value is -0.840. The van der Waals surface area contributed by atoms with Crippen molar-refractivity contribution in [1.82, 2.24) is 10.2 Å². The lowest BCUT2D eigenvalue weighted by Crippen LogP contribution is -2.39. The van der Waals surface area contributed by atoms with E-state index >= 15 is 0 Å². The molecule has 0 unspecified atom stereocenters. The average molecular weight is 212 g/mol.